The van der Waals surface area contributed by atoms with Crippen LogP contribution in [0.25, 0.3) is 0 Å². The second-order valence-electron chi connectivity index (χ2n) is 4.56. The molecule has 5 nitrogen and oxygen atoms in total. The Morgan fingerprint density at radius 3 is 1.53 bits per heavy atom. The first-order chi connectivity index (χ1) is 9.27. The Hall–Kier alpha value is -0.200. The molecule has 0 radical (unpaired) electrons. The summed E-state index contributed by atoms with van der Waals surface area (Å²) in [4.78, 5) is 0. The highest BCUT2D eigenvalue weighted by Gasteiger charge is 1.93. The fourth-order valence-corrected chi connectivity index (χ4v) is 1.33. The monoisotopic (exact) mass is 277 g/mol. The van der Waals surface area contributed by atoms with Crippen LogP contribution in [-0.2, 0) is 18.9 Å². The molecule has 0 aromatic heterocycles. The van der Waals surface area contributed by atoms with Crippen molar-refractivity contribution in [2.24, 2.45) is 0 Å². The average molecular weight is 277 g/mol. The standard InChI is InChI=1S/C14H31NO4/c1-4-6-16-8-10-18-12-13-19-11-9-17-7-5-15-14(2)3/h14-15H,4-13H2,1-3H3. The highest BCUT2D eigenvalue weighted by Crippen LogP contribution is 1.84. The van der Waals surface area contributed by atoms with E-state index in [0.29, 0.717) is 45.7 Å². The number of ether oxygens (including phenoxy) is 4. The van der Waals surface area contributed by atoms with Crippen molar-refractivity contribution in [3.05, 3.63) is 0 Å². The molecule has 0 aliphatic rings. The van der Waals surface area contributed by atoms with Crippen LogP contribution in [0.4, 0.5) is 0 Å². The number of nitrogens with one attached hydrogen (secondary N) is 1. The summed E-state index contributed by atoms with van der Waals surface area (Å²) in [5, 5.41) is 3.29. The summed E-state index contributed by atoms with van der Waals surface area (Å²) in [6, 6.07) is 0.512. The van der Waals surface area contributed by atoms with Gasteiger partial charge in [0.1, 0.15) is 0 Å². The van der Waals surface area contributed by atoms with Crippen LogP contribution in [0, 0.1) is 0 Å². The van der Waals surface area contributed by atoms with Crippen LogP contribution in [0.5, 0.6) is 0 Å². The van der Waals surface area contributed by atoms with Crippen LogP contribution < -0.4 is 5.32 Å². The normalized spacial score (nSPS) is 11.4. The largest absolute Gasteiger partial charge is 0.379 e. The van der Waals surface area contributed by atoms with E-state index in [4.69, 9.17) is 18.9 Å². The van der Waals surface area contributed by atoms with E-state index < -0.39 is 0 Å². The maximum absolute atomic E-state index is 5.41. The molecule has 0 atom stereocenters. The summed E-state index contributed by atoms with van der Waals surface area (Å²) in [6.45, 7) is 12.6. The molecule has 0 unspecified atom stereocenters. The van der Waals surface area contributed by atoms with E-state index in [9.17, 15) is 0 Å². The van der Waals surface area contributed by atoms with Gasteiger partial charge in [0.15, 0.2) is 0 Å². The number of rotatable bonds is 15. The van der Waals surface area contributed by atoms with Crippen LogP contribution in [0.2, 0.25) is 0 Å². The molecule has 0 bridgehead atoms. The van der Waals surface area contributed by atoms with Gasteiger partial charge in [-0.05, 0) is 6.42 Å². The van der Waals surface area contributed by atoms with Crippen LogP contribution in [0.1, 0.15) is 27.2 Å². The molecule has 0 aromatic rings. The van der Waals surface area contributed by atoms with E-state index in [-0.39, 0.29) is 0 Å². The smallest absolute Gasteiger partial charge is 0.0701 e. The molecule has 5 heteroatoms. The van der Waals surface area contributed by atoms with E-state index in [1.165, 1.54) is 0 Å². The molecule has 1 N–H and O–H groups in total. The Bertz CT molecular complexity index is 168. The number of hydrogen-bond acceptors (Lipinski definition) is 5. The van der Waals surface area contributed by atoms with Gasteiger partial charge in [-0.15, -0.1) is 0 Å². The molecule has 116 valence electrons. The fraction of sp³-hybridized carbons (Fsp3) is 1.00. The summed E-state index contributed by atoms with van der Waals surface area (Å²) >= 11 is 0. The second kappa shape index (κ2) is 15.9. The van der Waals surface area contributed by atoms with Gasteiger partial charge in [0, 0.05) is 19.2 Å². The second-order valence-corrected chi connectivity index (χ2v) is 4.56. The molecule has 19 heavy (non-hydrogen) atoms. The Balaban J connectivity index is 2.91. The molecule has 0 saturated carbocycles. The Kier molecular flexibility index (Phi) is 15.7. The first kappa shape index (κ1) is 18.8. The molecule has 0 aliphatic carbocycles. The minimum Gasteiger partial charge on any atom is -0.379 e. The van der Waals surface area contributed by atoms with Crippen LogP contribution in [0.3, 0.4) is 0 Å². The zero-order valence-electron chi connectivity index (χ0n) is 12.8. The summed E-state index contributed by atoms with van der Waals surface area (Å²) in [7, 11) is 0. The van der Waals surface area contributed by atoms with Gasteiger partial charge < -0.3 is 24.3 Å². The Morgan fingerprint density at radius 1 is 0.684 bits per heavy atom. The summed E-state index contributed by atoms with van der Waals surface area (Å²) in [5.41, 5.74) is 0. The lowest BCUT2D eigenvalue weighted by Crippen LogP contribution is -2.27. The van der Waals surface area contributed by atoms with E-state index in [1.807, 2.05) is 0 Å². The van der Waals surface area contributed by atoms with Crippen LogP contribution in [-0.4, -0.2) is 65.4 Å². The predicted molar refractivity (Wildman–Crippen MR) is 76.7 cm³/mol. The maximum atomic E-state index is 5.41. The van der Waals surface area contributed by atoms with E-state index in [1.54, 1.807) is 0 Å². The van der Waals surface area contributed by atoms with Crippen molar-refractivity contribution in [1.82, 2.24) is 5.32 Å². The lowest BCUT2D eigenvalue weighted by Gasteiger charge is -2.09. The van der Waals surface area contributed by atoms with Gasteiger partial charge in [-0.1, -0.05) is 20.8 Å². The fourth-order valence-electron chi connectivity index (χ4n) is 1.33. The quantitative estimate of drug-likeness (QED) is 0.459. The van der Waals surface area contributed by atoms with Crippen molar-refractivity contribution in [2.75, 3.05) is 59.4 Å². The number of hydrogen-bond donors (Lipinski definition) is 1. The molecule has 0 fully saturated rings. The molecular weight excluding hydrogens is 246 g/mol. The van der Waals surface area contributed by atoms with Gasteiger partial charge in [-0.25, -0.2) is 0 Å². The molecule has 0 aromatic carbocycles. The third-order valence-corrected chi connectivity index (χ3v) is 2.26. The molecule has 0 rings (SSSR count). The summed E-state index contributed by atoms with van der Waals surface area (Å²) in [5.74, 6) is 0. The van der Waals surface area contributed by atoms with Crippen molar-refractivity contribution in [2.45, 2.75) is 33.2 Å². The van der Waals surface area contributed by atoms with Crippen molar-refractivity contribution in [3.8, 4) is 0 Å². The van der Waals surface area contributed by atoms with Crippen LogP contribution in [0.15, 0.2) is 0 Å². The predicted octanol–water partition coefficient (Wildman–Crippen LogP) is 1.46. The van der Waals surface area contributed by atoms with Gasteiger partial charge in [-0.3, -0.25) is 0 Å². The van der Waals surface area contributed by atoms with Crippen molar-refractivity contribution < 1.29 is 18.9 Å². The minimum atomic E-state index is 0.512. The molecule has 0 saturated heterocycles. The Morgan fingerprint density at radius 2 is 1.11 bits per heavy atom. The van der Waals surface area contributed by atoms with Gasteiger partial charge >= 0.3 is 0 Å². The van der Waals surface area contributed by atoms with Crippen LogP contribution >= 0.6 is 0 Å². The average Bonchev–Trinajstić information content (AvgIpc) is 2.39. The van der Waals surface area contributed by atoms with Crippen molar-refractivity contribution in [3.63, 3.8) is 0 Å². The van der Waals surface area contributed by atoms with E-state index >= 15 is 0 Å². The zero-order valence-corrected chi connectivity index (χ0v) is 12.8. The maximum Gasteiger partial charge on any atom is 0.0701 e. The molecule has 0 amide bonds. The minimum absolute atomic E-state index is 0.512. The third kappa shape index (κ3) is 17.8. The Labute approximate surface area is 117 Å². The first-order valence-corrected chi connectivity index (χ1v) is 7.31. The first-order valence-electron chi connectivity index (χ1n) is 7.31. The molecular formula is C14H31NO4. The lowest BCUT2D eigenvalue weighted by atomic mass is 10.4. The van der Waals surface area contributed by atoms with Crippen molar-refractivity contribution >= 4 is 0 Å². The topological polar surface area (TPSA) is 49.0 Å². The highest BCUT2D eigenvalue weighted by molar-refractivity contribution is 4.50. The van der Waals surface area contributed by atoms with Gasteiger partial charge in [0.25, 0.3) is 0 Å². The van der Waals surface area contributed by atoms with Gasteiger partial charge in [0.2, 0.25) is 0 Å². The molecule has 0 aliphatic heterocycles. The van der Waals surface area contributed by atoms with Gasteiger partial charge in [0.05, 0.1) is 46.2 Å². The van der Waals surface area contributed by atoms with Gasteiger partial charge in [-0.2, -0.15) is 0 Å². The lowest BCUT2D eigenvalue weighted by molar-refractivity contribution is -0.00145. The van der Waals surface area contributed by atoms with Crippen molar-refractivity contribution in [1.29, 1.82) is 0 Å². The van der Waals surface area contributed by atoms with E-state index in [2.05, 4.69) is 26.1 Å². The highest BCUT2D eigenvalue weighted by atomic mass is 16.6. The third-order valence-electron chi connectivity index (χ3n) is 2.26. The molecule has 0 heterocycles. The SMILES string of the molecule is CCCOCCOCCOCCOCCNC(C)C. The zero-order chi connectivity index (χ0) is 14.2. The summed E-state index contributed by atoms with van der Waals surface area (Å²) < 4.78 is 21.4. The molecule has 0 spiro atoms. The van der Waals surface area contributed by atoms with E-state index in [0.717, 1.165) is 26.2 Å². The summed E-state index contributed by atoms with van der Waals surface area (Å²) in [6.07, 6.45) is 1.05.